The van der Waals surface area contributed by atoms with E-state index in [1.807, 2.05) is 0 Å². The largest absolute Gasteiger partial charge is 0.197 e. The van der Waals surface area contributed by atoms with Crippen LogP contribution in [0.5, 0.6) is 0 Å². The second-order valence-corrected chi connectivity index (χ2v) is 4.39. The predicted molar refractivity (Wildman–Crippen MR) is 43.4 cm³/mol. The Hall–Kier alpha value is -0.370. The molecule has 1 aliphatic rings. The Balaban J connectivity index is 2.34. The van der Waals surface area contributed by atoms with Gasteiger partial charge < -0.3 is 0 Å². The summed E-state index contributed by atoms with van der Waals surface area (Å²) in [6, 6.07) is 2.22. The SMILES string of the molecule is Cc1cc(C2(C)CC2)ns1. The molecule has 0 N–H and O–H groups in total. The van der Waals surface area contributed by atoms with E-state index in [1.54, 1.807) is 11.5 Å². The summed E-state index contributed by atoms with van der Waals surface area (Å²) in [5.74, 6) is 0. The molecule has 2 rings (SSSR count). The molecule has 1 saturated carbocycles. The lowest BCUT2D eigenvalue weighted by molar-refractivity contribution is 0.764. The molecule has 0 unspecified atom stereocenters. The number of hydrogen-bond acceptors (Lipinski definition) is 2. The van der Waals surface area contributed by atoms with Crippen molar-refractivity contribution in [2.24, 2.45) is 0 Å². The first-order valence-electron chi connectivity index (χ1n) is 3.64. The van der Waals surface area contributed by atoms with E-state index in [1.165, 1.54) is 23.4 Å². The summed E-state index contributed by atoms with van der Waals surface area (Å²) in [6.45, 7) is 4.41. The first kappa shape index (κ1) is 6.35. The van der Waals surface area contributed by atoms with Crippen molar-refractivity contribution in [1.82, 2.24) is 4.37 Å². The summed E-state index contributed by atoms with van der Waals surface area (Å²) in [7, 11) is 0. The Morgan fingerprint density at radius 3 is 2.70 bits per heavy atom. The van der Waals surface area contributed by atoms with Gasteiger partial charge in [-0.25, -0.2) is 0 Å². The van der Waals surface area contributed by atoms with E-state index >= 15 is 0 Å². The van der Waals surface area contributed by atoms with Gasteiger partial charge in [0.15, 0.2) is 0 Å². The topological polar surface area (TPSA) is 12.9 Å². The van der Waals surface area contributed by atoms with Crippen molar-refractivity contribution in [3.05, 3.63) is 16.6 Å². The van der Waals surface area contributed by atoms with E-state index in [4.69, 9.17) is 0 Å². The van der Waals surface area contributed by atoms with Crippen LogP contribution in [0.25, 0.3) is 0 Å². The quantitative estimate of drug-likeness (QED) is 0.604. The fraction of sp³-hybridized carbons (Fsp3) is 0.625. The van der Waals surface area contributed by atoms with Crippen molar-refractivity contribution < 1.29 is 0 Å². The molecule has 0 saturated heterocycles. The monoisotopic (exact) mass is 153 g/mol. The zero-order valence-electron chi connectivity index (χ0n) is 6.35. The van der Waals surface area contributed by atoms with Crippen LogP contribution in [0.3, 0.4) is 0 Å². The summed E-state index contributed by atoms with van der Waals surface area (Å²) in [5, 5.41) is 0. The number of aromatic nitrogens is 1. The van der Waals surface area contributed by atoms with E-state index in [0.717, 1.165) is 0 Å². The zero-order valence-corrected chi connectivity index (χ0v) is 7.16. The lowest BCUT2D eigenvalue weighted by atomic mass is 10.1. The van der Waals surface area contributed by atoms with Gasteiger partial charge in [-0.3, -0.25) is 0 Å². The van der Waals surface area contributed by atoms with Crippen LogP contribution in [0.15, 0.2) is 6.07 Å². The van der Waals surface area contributed by atoms with E-state index < -0.39 is 0 Å². The third-order valence-electron chi connectivity index (χ3n) is 2.25. The molecule has 1 heterocycles. The third kappa shape index (κ3) is 0.870. The summed E-state index contributed by atoms with van der Waals surface area (Å²) in [4.78, 5) is 1.34. The molecular weight excluding hydrogens is 142 g/mol. The number of nitrogens with zero attached hydrogens (tertiary/aromatic N) is 1. The van der Waals surface area contributed by atoms with Crippen LogP contribution < -0.4 is 0 Å². The molecule has 54 valence electrons. The Morgan fingerprint density at radius 1 is 1.60 bits per heavy atom. The van der Waals surface area contributed by atoms with Crippen LogP contribution in [0.4, 0.5) is 0 Å². The highest BCUT2D eigenvalue weighted by Gasteiger charge is 2.40. The summed E-state index contributed by atoms with van der Waals surface area (Å²) < 4.78 is 4.39. The number of aryl methyl sites for hydroxylation is 1. The van der Waals surface area contributed by atoms with Gasteiger partial charge in [0.25, 0.3) is 0 Å². The highest BCUT2D eigenvalue weighted by atomic mass is 32.1. The van der Waals surface area contributed by atoms with Gasteiger partial charge in [-0.15, -0.1) is 0 Å². The van der Waals surface area contributed by atoms with Gasteiger partial charge in [0.1, 0.15) is 0 Å². The van der Waals surface area contributed by atoms with Crippen molar-refractivity contribution in [3.63, 3.8) is 0 Å². The zero-order chi connectivity index (χ0) is 7.19. The summed E-state index contributed by atoms with van der Waals surface area (Å²) >= 11 is 1.62. The molecular formula is C8H11NS. The summed E-state index contributed by atoms with van der Waals surface area (Å²) in [6.07, 6.45) is 2.66. The van der Waals surface area contributed by atoms with E-state index in [-0.39, 0.29) is 0 Å². The molecule has 0 spiro atoms. The highest BCUT2D eigenvalue weighted by molar-refractivity contribution is 7.05. The molecule has 1 nitrogen and oxygen atoms in total. The molecule has 0 aromatic carbocycles. The number of rotatable bonds is 1. The van der Waals surface area contributed by atoms with Crippen LogP contribution in [0, 0.1) is 6.92 Å². The Morgan fingerprint density at radius 2 is 2.30 bits per heavy atom. The van der Waals surface area contributed by atoms with Crippen LogP contribution in [0.1, 0.15) is 30.3 Å². The third-order valence-corrected chi connectivity index (χ3v) is 2.94. The van der Waals surface area contributed by atoms with Crippen molar-refractivity contribution in [3.8, 4) is 0 Å². The minimum Gasteiger partial charge on any atom is -0.197 e. The van der Waals surface area contributed by atoms with E-state index in [0.29, 0.717) is 5.41 Å². The van der Waals surface area contributed by atoms with Gasteiger partial charge >= 0.3 is 0 Å². The van der Waals surface area contributed by atoms with Gasteiger partial charge in [-0.05, 0) is 37.4 Å². The summed E-state index contributed by atoms with van der Waals surface area (Å²) in [5.41, 5.74) is 1.78. The van der Waals surface area contributed by atoms with Crippen LogP contribution in [-0.2, 0) is 5.41 Å². The Labute approximate surface area is 65.3 Å². The van der Waals surface area contributed by atoms with Gasteiger partial charge in [-0.1, -0.05) is 6.92 Å². The molecule has 1 aromatic rings. The number of hydrogen-bond donors (Lipinski definition) is 0. The van der Waals surface area contributed by atoms with Crippen molar-refractivity contribution in [2.45, 2.75) is 32.1 Å². The lowest BCUT2D eigenvalue weighted by Crippen LogP contribution is -1.98. The maximum atomic E-state index is 4.39. The normalized spacial score (nSPS) is 21.0. The molecule has 1 aromatic heterocycles. The van der Waals surface area contributed by atoms with E-state index in [9.17, 15) is 0 Å². The highest BCUT2D eigenvalue weighted by Crippen LogP contribution is 2.47. The molecule has 1 aliphatic carbocycles. The molecule has 2 heteroatoms. The van der Waals surface area contributed by atoms with Gasteiger partial charge in [0, 0.05) is 10.3 Å². The standard InChI is InChI=1S/C8H11NS/c1-6-5-7(9-10-6)8(2)3-4-8/h5H,3-4H2,1-2H3. The van der Waals surface area contributed by atoms with Crippen LogP contribution >= 0.6 is 11.5 Å². The second kappa shape index (κ2) is 1.82. The molecule has 0 radical (unpaired) electrons. The smallest absolute Gasteiger partial charge is 0.0603 e. The molecule has 1 fully saturated rings. The molecule has 0 bridgehead atoms. The second-order valence-electron chi connectivity index (χ2n) is 3.38. The van der Waals surface area contributed by atoms with Crippen molar-refractivity contribution in [1.29, 1.82) is 0 Å². The molecule has 0 atom stereocenters. The maximum Gasteiger partial charge on any atom is 0.0603 e. The van der Waals surface area contributed by atoms with Gasteiger partial charge in [-0.2, -0.15) is 4.37 Å². The van der Waals surface area contributed by atoms with Crippen molar-refractivity contribution in [2.75, 3.05) is 0 Å². The average molecular weight is 153 g/mol. The fourth-order valence-corrected chi connectivity index (χ4v) is 1.77. The maximum absolute atomic E-state index is 4.39. The predicted octanol–water partition coefficient (Wildman–Crippen LogP) is 2.50. The van der Waals surface area contributed by atoms with Crippen LogP contribution in [-0.4, -0.2) is 4.37 Å². The molecule has 10 heavy (non-hydrogen) atoms. The Bertz CT molecular complexity index is 248. The minimum absolute atomic E-state index is 0.463. The molecule has 0 amide bonds. The molecule has 0 aliphatic heterocycles. The van der Waals surface area contributed by atoms with E-state index in [2.05, 4.69) is 24.3 Å². The fourth-order valence-electron chi connectivity index (χ4n) is 1.09. The van der Waals surface area contributed by atoms with Crippen LogP contribution in [0.2, 0.25) is 0 Å². The average Bonchev–Trinajstić information content (AvgIpc) is 2.45. The first-order valence-corrected chi connectivity index (χ1v) is 4.42. The minimum atomic E-state index is 0.463. The first-order chi connectivity index (χ1) is 4.71. The Kier molecular flexibility index (Phi) is 1.15. The lowest BCUT2D eigenvalue weighted by Gasteiger charge is -1.99. The van der Waals surface area contributed by atoms with Gasteiger partial charge in [0.2, 0.25) is 0 Å². The van der Waals surface area contributed by atoms with Gasteiger partial charge in [0.05, 0.1) is 5.69 Å². The van der Waals surface area contributed by atoms with Crippen molar-refractivity contribution >= 4 is 11.5 Å².